The van der Waals surface area contributed by atoms with Crippen molar-refractivity contribution < 1.29 is 0 Å². The molecule has 110 valence electrons. The molecule has 0 aromatic heterocycles. The molecule has 0 aliphatic carbocycles. The van der Waals surface area contributed by atoms with E-state index >= 15 is 0 Å². The summed E-state index contributed by atoms with van der Waals surface area (Å²) in [5, 5.41) is 3.66. The van der Waals surface area contributed by atoms with Gasteiger partial charge in [0.25, 0.3) is 0 Å². The summed E-state index contributed by atoms with van der Waals surface area (Å²) >= 11 is 0. The van der Waals surface area contributed by atoms with Gasteiger partial charge in [-0.15, -0.1) is 0 Å². The second-order valence-electron chi connectivity index (χ2n) is 6.77. The molecule has 0 aliphatic heterocycles. The first-order valence-corrected chi connectivity index (χ1v) is 7.80. The summed E-state index contributed by atoms with van der Waals surface area (Å²) in [6, 6.07) is 1.22. The van der Waals surface area contributed by atoms with Gasteiger partial charge in [-0.2, -0.15) is 0 Å². The van der Waals surface area contributed by atoms with Gasteiger partial charge in [-0.1, -0.05) is 47.5 Å². The molecule has 0 rings (SSSR count). The van der Waals surface area contributed by atoms with E-state index in [0.29, 0.717) is 17.5 Å². The number of nitrogens with one attached hydrogen (secondary N) is 1. The molecule has 1 unspecified atom stereocenters. The fraction of sp³-hybridized carbons (Fsp3) is 1.00. The SMILES string of the molecule is CCCCCN(CC(NCC)C(C)(C)C)C(C)C. The van der Waals surface area contributed by atoms with E-state index in [-0.39, 0.29) is 0 Å². The van der Waals surface area contributed by atoms with Crippen molar-refractivity contribution in [2.75, 3.05) is 19.6 Å². The lowest BCUT2D eigenvalue weighted by atomic mass is 9.86. The molecule has 2 nitrogen and oxygen atoms in total. The van der Waals surface area contributed by atoms with Crippen molar-refractivity contribution in [2.24, 2.45) is 5.41 Å². The highest BCUT2D eigenvalue weighted by Crippen LogP contribution is 2.21. The molecule has 0 bridgehead atoms. The number of unbranched alkanes of at least 4 members (excludes halogenated alkanes) is 2. The highest BCUT2D eigenvalue weighted by Gasteiger charge is 2.26. The molecule has 18 heavy (non-hydrogen) atoms. The molecule has 0 aromatic carbocycles. The minimum absolute atomic E-state index is 0.327. The topological polar surface area (TPSA) is 15.3 Å². The third kappa shape index (κ3) is 7.38. The van der Waals surface area contributed by atoms with Gasteiger partial charge in [-0.05, 0) is 38.8 Å². The van der Waals surface area contributed by atoms with Gasteiger partial charge in [0.15, 0.2) is 0 Å². The lowest BCUT2D eigenvalue weighted by molar-refractivity contribution is 0.145. The Kier molecular flexibility index (Phi) is 8.89. The van der Waals surface area contributed by atoms with Crippen LogP contribution in [-0.4, -0.2) is 36.6 Å². The molecular weight excluding hydrogens is 220 g/mol. The summed E-state index contributed by atoms with van der Waals surface area (Å²) in [4.78, 5) is 2.63. The second-order valence-corrected chi connectivity index (χ2v) is 6.77. The molecule has 0 saturated heterocycles. The zero-order chi connectivity index (χ0) is 14.2. The van der Waals surface area contributed by atoms with Gasteiger partial charge in [-0.3, -0.25) is 4.90 Å². The van der Waals surface area contributed by atoms with Gasteiger partial charge < -0.3 is 5.32 Å². The van der Waals surface area contributed by atoms with E-state index in [4.69, 9.17) is 0 Å². The minimum atomic E-state index is 0.327. The van der Waals surface area contributed by atoms with Gasteiger partial charge in [0.2, 0.25) is 0 Å². The molecule has 2 heteroatoms. The van der Waals surface area contributed by atoms with Crippen LogP contribution in [0.2, 0.25) is 0 Å². The lowest BCUT2D eigenvalue weighted by Gasteiger charge is -2.37. The van der Waals surface area contributed by atoms with Crippen LogP contribution in [0.4, 0.5) is 0 Å². The van der Waals surface area contributed by atoms with Gasteiger partial charge in [0.05, 0.1) is 0 Å². The average molecular weight is 256 g/mol. The summed E-state index contributed by atoms with van der Waals surface area (Å²) in [5.74, 6) is 0. The Labute approximate surface area is 116 Å². The van der Waals surface area contributed by atoms with Crippen LogP contribution in [0.5, 0.6) is 0 Å². The fourth-order valence-corrected chi connectivity index (χ4v) is 2.25. The highest BCUT2D eigenvalue weighted by molar-refractivity contribution is 4.84. The van der Waals surface area contributed by atoms with Crippen LogP contribution in [0.25, 0.3) is 0 Å². The van der Waals surface area contributed by atoms with E-state index in [2.05, 4.69) is 58.7 Å². The number of hydrogen-bond donors (Lipinski definition) is 1. The number of rotatable bonds is 9. The van der Waals surface area contributed by atoms with Crippen LogP contribution >= 0.6 is 0 Å². The van der Waals surface area contributed by atoms with Crippen molar-refractivity contribution in [2.45, 2.75) is 79.8 Å². The van der Waals surface area contributed by atoms with E-state index < -0.39 is 0 Å². The molecule has 0 heterocycles. The number of hydrogen-bond acceptors (Lipinski definition) is 2. The third-order valence-electron chi connectivity index (χ3n) is 3.69. The van der Waals surface area contributed by atoms with Crippen molar-refractivity contribution in [3.8, 4) is 0 Å². The Morgan fingerprint density at radius 2 is 1.67 bits per heavy atom. The molecular formula is C16H36N2. The van der Waals surface area contributed by atoms with Crippen molar-refractivity contribution in [3.05, 3.63) is 0 Å². The van der Waals surface area contributed by atoms with Gasteiger partial charge in [-0.25, -0.2) is 0 Å². The van der Waals surface area contributed by atoms with Crippen LogP contribution < -0.4 is 5.32 Å². The third-order valence-corrected chi connectivity index (χ3v) is 3.69. The normalized spacial score (nSPS) is 14.5. The summed E-state index contributed by atoms with van der Waals surface area (Å²) in [7, 11) is 0. The van der Waals surface area contributed by atoms with Crippen LogP contribution in [0.15, 0.2) is 0 Å². The molecule has 0 radical (unpaired) electrons. The molecule has 1 atom stereocenters. The Hall–Kier alpha value is -0.0800. The first-order valence-electron chi connectivity index (χ1n) is 7.80. The molecule has 0 saturated carbocycles. The van der Waals surface area contributed by atoms with E-state index in [1.165, 1.54) is 32.4 Å². The van der Waals surface area contributed by atoms with Crippen LogP contribution in [0, 0.1) is 5.41 Å². The summed E-state index contributed by atoms with van der Waals surface area (Å²) in [6.45, 7) is 19.6. The van der Waals surface area contributed by atoms with Gasteiger partial charge in [0.1, 0.15) is 0 Å². The quantitative estimate of drug-likeness (QED) is 0.629. The fourth-order valence-electron chi connectivity index (χ4n) is 2.25. The maximum absolute atomic E-state index is 3.66. The zero-order valence-electron chi connectivity index (χ0n) is 13.8. The highest BCUT2D eigenvalue weighted by atomic mass is 15.2. The first-order chi connectivity index (χ1) is 8.32. The van der Waals surface area contributed by atoms with Crippen molar-refractivity contribution in [1.29, 1.82) is 0 Å². The average Bonchev–Trinajstić information content (AvgIpc) is 2.25. The molecule has 0 spiro atoms. The van der Waals surface area contributed by atoms with Crippen LogP contribution in [0.1, 0.15) is 67.7 Å². The predicted molar refractivity (Wildman–Crippen MR) is 83.2 cm³/mol. The summed E-state index contributed by atoms with van der Waals surface area (Å²) in [5.41, 5.74) is 0.327. The molecule has 1 N–H and O–H groups in total. The smallest absolute Gasteiger partial charge is 0.0243 e. The molecule has 0 aromatic rings. The number of likely N-dealkylation sites (N-methyl/N-ethyl adjacent to an activating group) is 1. The van der Waals surface area contributed by atoms with Crippen LogP contribution in [-0.2, 0) is 0 Å². The maximum Gasteiger partial charge on any atom is 0.0243 e. The van der Waals surface area contributed by atoms with Gasteiger partial charge in [0, 0.05) is 18.6 Å². The Morgan fingerprint density at radius 1 is 1.06 bits per heavy atom. The Balaban J connectivity index is 4.41. The summed E-state index contributed by atoms with van der Waals surface area (Å²) < 4.78 is 0. The van der Waals surface area contributed by atoms with E-state index in [1.807, 2.05) is 0 Å². The monoisotopic (exact) mass is 256 g/mol. The van der Waals surface area contributed by atoms with Crippen molar-refractivity contribution in [1.82, 2.24) is 10.2 Å². The largest absolute Gasteiger partial charge is 0.312 e. The summed E-state index contributed by atoms with van der Waals surface area (Å²) in [6.07, 6.45) is 3.99. The number of nitrogens with zero attached hydrogens (tertiary/aromatic N) is 1. The lowest BCUT2D eigenvalue weighted by Crippen LogP contribution is -2.50. The maximum atomic E-state index is 3.66. The molecule has 0 amide bonds. The second kappa shape index (κ2) is 8.92. The van der Waals surface area contributed by atoms with E-state index in [1.54, 1.807) is 0 Å². The van der Waals surface area contributed by atoms with E-state index in [9.17, 15) is 0 Å². The zero-order valence-corrected chi connectivity index (χ0v) is 13.8. The first kappa shape index (κ1) is 17.9. The van der Waals surface area contributed by atoms with Crippen LogP contribution in [0.3, 0.4) is 0 Å². The predicted octanol–water partition coefficient (Wildman–Crippen LogP) is 3.91. The van der Waals surface area contributed by atoms with Crippen molar-refractivity contribution in [3.63, 3.8) is 0 Å². The standard InChI is InChI=1S/C16H36N2/c1-8-10-11-12-18(14(3)4)13-15(17-9-2)16(5,6)7/h14-15,17H,8-13H2,1-7H3. The molecule has 0 fully saturated rings. The minimum Gasteiger partial charge on any atom is -0.312 e. The Bertz CT molecular complexity index is 194. The van der Waals surface area contributed by atoms with Gasteiger partial charge >= 0.3 is 0 Å². The molecule has 0 aliphatic rings. The van der Waals surface area contributed by atoms with Crippen molar-refractivity contribution >= 4 is 0 Å². The van der Waals surface area contributed by atoms with E-state index in [0.717, 1.165) is 6.54 Å². The Morgan fingerprint density at radius 3 is 2.06 bits per heavy atom.